The highest BCUT2D eigenvalue weighted by molar-refractivity contribution is 7.99. The van der Waals surface area contributed by atoms with E-state index in [0.29, 0.717) is 30.5 Å². The third-order valence-corrected chi connectivity index (χ3v) is 7.30. The number of aliphatic hydroxyl groups is 1. The molecule has 3 rings (SSSR count). The number of thioether (sulfide) groups is 1. The van der Waals surface area contributed by atoms with Crippen LogP contribution in [0.2, 0.25) is 0 Å². The Hall–Kier alpha value is -2.90. The molecule has 40 heavy (non-hydrogen) atoms. The summed E-state index contributed by atoms with van der Waals surface area (Å²) in [5.41, 5.74) is 1.97. The van der Waals surface area contributed by atoms with Crippen molar-refractivity contribution in [2.45, 2.75) is 76.4 Å². The highest BCUT2D eigenvalue weighted by Gasteiger charge is 2.26. The van der Waals surface area contributed by atoms with Crippen molar-refractivity contribution < 1.29 is 23.1 Å². The van der Waals surface area contributed by atoms with Crippen molar-refractivity contribution in [1.29, 1.82) is 0 Å². The number of nitrogens with zero attached hydrogens (tertiary/aromatic N) is 4. The molecule has 0 fully saturated rings. The minimum absolute atomic E-state index is 0.112. The summed E-state index contributed by atoms with van der Waals surface area (Å²) in [6.45, 7) is 11.9. The summed E-state index contributed by atoms with van der Waals surface area (Å²) in [5.74, 6) is 0.370. The lowest BCUT2D eigenvalue weighted by Gasteiger charge is -2.28. The van der Waals surface area contributed by atoms with E-state index < -0.39 is 21.7 Å². The molecule has 1 amide bonds. The smallest absolute Gasteiger partial charge is 0.414 e. The molecule has 11 nitrogen and oxygen atoms in total. The third kappa shape index (κ3) is 9.63. The Bertz CT molecular complexity index is 1330. The summed E-state index contributed by atoms with van der Waals surface area (Å²) in [7, 11) is -3.63. The van der Waals surface area contributed by atoms with Crippen LogP contribution in [-0.2, 0) is 14.8 Å². The van der Waals surface area contributed by atoms with E-state index in [9.17, 15) is 18.3 Å². The molecule has 1 aliphatic rings. The van der Waals surface area contributed by atoms with Crippen LogP contribution in [0.3, 0.4) is 0 Å². The minimum Gasteiger partial charge on any atom is -0.443 e. The number of rotatable bonds is 10. The van der Waals surface area contributed by atoms with Gasteiger partial charge >= 0.3 is 6.09 Å². The number of amides is 1. The number of hydrogen-bond acceptors (Lipinski definition) is 10. The Kier molecular flexibility index (Phi) is 10.4. The molecule has 13 heteroatoms. The lowest BCUT2D eigenvalue weighted by molar-refractivity contribution is 0.0581. The average molecular weight is 593 g/mol. The summed E-state index contributed by atoms with van der Waals surface area (Å²) in [6.07, 6.45) is 6.04. The van der Waals surface area contributed by atoms with Crippen LogP contribution >= 0.6 is 11.8 Å². The number of carbonyl (C=O) groups is 1. The Balaban J connectivity index is 1.91. The molecule has 0 saturated heterocycles. The van der Waals surface area contributed by atoms with Crippen molar-refractivity contribution in [2.75, 3.05) is 34.3 Å². The normalized spacial score (nSPS) is 15.3. The predicted molar refractivity (Wildman–Crippen MR) is 160 cm³/mol. The summed E-state index contributed by atoms with van der Waals surface area (Å²) < 4.78 is 31.8. The van der Waals surface area contributed by atoms with Gasteiger partial charge in [-0.3, -0.25) is 9.62 Å². The molecule has 2 atom stereocenters. The highest BCUT2D eigenvalue weighted by Crippen LogP contribution is 2.37. The highest BCUT2D eigenvalue weighted by atomic mass is 32.2. The van der Waals surface area contributed by atoms with Crippen LogP contribution in [0.5, 0.6) is 0 Å². The van der Waals surface area contributed by atoms with Crippen LogP contribution in [-0.4, -0.2) is 65.6 Å². The molecule has 220 valence electrons. The molecule has 0 bridgehead atoms. The van der Waals surface area contributed by atoms with Gasteiger partial charge in [-0.15, -0.1) is 0 Å². The van der Waals surface area contributed by atoms with Crippen molar-refractivity contribution in [3.05, 3.63) is 35.4 Å². The fourth-order valence-electron chi connectivity index (χ4n) is 4.07. The summed E-state index contributed by atoms with van der Waals surface area (Å²) in [6, 6.07) is 5.61. The predicted octanol–water partition coefficient (Wildman–Crippen LogP) is 5.07. The maximum Gasteiger partial charge on any atom is 0.414 e. The van der Waals surface area contributed by atoms with E-state index in [-0.39, 0.29) is 29.8 Å². The van der Waals surface area contributed by atoms with Crippen molar-refractivity contribution >= 4 is 51.5 Å². The first-order valence-corrected chi connectivity index (χ1v) is 16.0. The Morgan fingerprint density at radius 3 is 2.50 bits per heavy atom. The quantitative estimate of drug-likeness (QED) is 0.319. The lowest BCUT2D eigenvalue weighted by Crippen LogP contribution is -2.37. The molecule has 2 aromatic rings. The Morgan fingerprint density at radius 2 is 1.88 bits per heavy atom. The molecule has 2 heterocycles. The molecule has 0 aliphatic carbocycles. The summed E-state index contributed by atoms with van der Waals surface area (Å²) in [5, 5.41) is 13.0. The number of carbonyl (C=O) groups excluding carboxylic acids is 1. The molecule has 1 aromatic heterocycles. The van der Waals surface area contributed by atoms with Gasteiger partial charge in [0, 0.05) is 11.8 Å². The summed E-state index contributed by atoms with van der Waals surface area (Å²) in [4.78, 5) is 27.7. The van der Waals surface area contributed by atoms with E-state index in [0.717, 1.165) is 23.1 Å². The molecular formula is C27H40N6O5S2. The maximum atomic E-state index is 13.0. The molecular weight excluding hydrogens is 552 g/mol. The third-order valence-electron chi connectivity index (χ3n) is 5.73. The van der Waals surface area contributed by atoms with Gasteiger partial charge in [-0.05, 0) is 63.6 Å². The van der Waals surface area contributed by atoms with Crippen molar-refractivity contribution in [3.8, 4) is 0 Å². The molecule has 0 spiro atoms. The number of anilines is 3. The molecule has 0 saturated carbocycles. The van der Waals surface area contributed by atoms with Crippen LogP contribution in [0.15, 0.2) is 29.4 Å². The average Bonchev–Trinajstić information content (AvgIpc) is 3.03. The monoisotopic (exact) mass is 592 g/mol. The van der Waals surface area contributed by atoms with E-state index in [2.05, 4.69) is 25.0 Å². The van der Waals surface area contributed by atoms with Gasteiger partial charge in [0.25, 0.3) is 0 Å². The molecule has 0 radical (unpaired) electrons. The number of aromatic nitrogens is 3. The zero-order chi connectivity index (χ0) is 29.7. The van der Waals surface area contributed by atoms with Crippen LogP contribution in [0.4, 0.5) is 22.4 Å². The van der Waals surface area contributed by atoms with Gasteiger partial charge in [-0.25, -0.2) is 13.2 Å². The van der Waals surface area contributed by atoms with Crippen molar-refractivity contribution in [2.24, 2.45) is 5.92 Å². The van der Waals surface area contributed by atoms with E-state index in [4.69, 9.17) is 4.74 Å². The van der Waals surface area contributed by atoms with Crippen LogP contribution < -0.4 is 14.9 Å². The number of benzene rings is 1. The topological polar surface area (TPSA) is 147 Å². The summed E-state index contributed by atoms with van der Waals surface area (Å²) >= 11 is 1.32. The molecule has 3 N–H and O–H groups in total. The first kappa shape index (κ1) is 31.6. The van der Waals surface area contributed by atoms with Gasteiger partial charge in [0.2, 0.25) is 21.9 Å². The fraction of sp³-hybridized carbons (Fsp3) is 0.556. The zero-order valence-corrected chi connectivity index (χ0v) is 25.8. The van der Waals surface area contributed by atoms with Crippen LogP contribution in [0, 0.1) is 5.92 Å². The second-order valence-electron chi connectivity index (χ2n) is 11.2. The standard InChI is InChI=1S/C27H40N6O5S2/c1-17(2)14-21(16-34)28-23-29-24(32-40(7,36)37)31-25(30-23)39-18(3)20-12-11-19-10-8-9-13-33(22(19)15-20)26(35)38-27(4,5)6/h8,10-12,15,17-18,21,34H,9,13-14,16H2,1-7H3,(H2,28,29,30,31,32)/t18?,21-/m1/s1. The van der Waals surface area contributed by atoms with Crippen molar-refractivity contribution in [1.82, 2.24) is 15.0 Å². The lowest BCUT2D eigenvalue weighted by atomic mass is 10.0. The zero-order valence-electron chi connectivity index (χ0n) is 24.1. The van der Waals surface area contributed by atoms with Crippen LogP contribution in [0.25, 0.3) is 6.08 Å². The maximum absolute atomic E-state index is 13.0. The fourth-order valence-corrected chi connectivity index (χ4v) is 5.37. The minimum atomic E-state index is -3.63. The first-order chi connectivity index (χ1) is 18.6. The number of hydrogen-bond donors (Lipinski definition) is 3. The van der Waals surface area contributed by atoms with E-state index in [1.807, 2.05) is 71.9 Å². The second kappa shape index (κ2) is 13.2. The van der Waals surface area contributed by atoms with Gasteiger partial charge in [0.05, 0.1) is 24.6 Å². The van der Waals surface area contributed by atoms with Gasteiger partial charge in [0.15, 0.2) is 5.16 Å². The van der Waals surface area contributed by atoms with Gasteiger partial charge in [0.1, 0.15) is 5.60 Å². The van der Waals surface area contributed by atoms with Crippen molar-refractivity contribution in [3.63, 3.8) is 0 Å². The van der Waals surface area contributed by atoms with E-state index in [1.54, 1.807) is 4.90 Å². The SMILES string of the molecule is CC(C)C[C@H](CO)Nc1nc(NS(C)(=O)=O)nc(SC(C)c2ccc3c(c2)N(C(=O)OC(C)(C)C)CCC=C3)n1. The molecule has 1 aromatic carbocycles. The molecule has 1 aliphatic heterocycles. The van der Waals surface area contributed by atoms with E-state index in [1.165, 1.54) is 11.8 Å². The molecule has 1 unspecified atom stereocenters. The first-order valence-electron chi connectivity index (χ1n) is 13.2. The second-order valence-corrected chi connectivity index (χ2v) is 14.3. The number of aliphatic hydroxyl groups excluding tert-OH is 1. The van der Waals surface area contributed by atoms with Crippen LogP contribution in [0.1, 0.15) is 70.8 Å². The number of sulfonamides is 1. The van der Waals surface area contributed by atoms with E-state index >= 15 is 0 Å². The largest absolute Gasteiger partial charge is 0.443 e. The Morgan fingerprint density at radius 1 is 1.18 bits per heavy atom. The van der Waals surface area contributed by atoms with Gasteiger partial charge < -0.3 is 15.2 Å². The number of ether oxygens (including phenoxy) is 1. The number of fused-ring (bicyclic) bond motifs is 1. The number of nitrogens with one attached hydrogen (secondary N) is 2. The Labute approximate surface area is 241 Å². The van der Waals surface area contributed by atoms with Gasteiger partial charge in [-0.2, -0.15) is 15.0 Å². The van der Waals surface area contributed by atoms with Gasteiger partial charge in [-0.1, -0.05) is 49.9 Å².